The van der Waals surface area contributed by atoms with E-state index in [4.69, 9.17) is 5.11 Å². The van der Waals surface area contributed by atoms with Crippen LogP contribution in [0.2, 0.25) is 0 Å². The Balaban J connectivity index is 2.12. The number of aromatic carboxylic acids is 1. The maximum atomic E-state index is 13.4. The second kappa shape index (κ2) is 4.87. The van der Waals surface area contributed by atoms with Crippen LogP contribution in [0.4, 0.5) is 14.9 Å². The van der Waals surface area contributed by atoms with E-state index >= 15 is 0 Å². The SMILES string of the molecule is CC1(NC(=O)Nc2cccc(F)c2C(=O)O)CCC1. The molecule has 0 atom stereocenters. The van der Waals surface area contributed by atoms with E-state index in [-0.39, 0.29) is 11.2 Å². The first-order valence-corrected chi connectivity index (χ1v) is 6.02. The summed E-state index contributed by atoms with van der Waals surface area (Å²) in [6.07, 6.45) is 2.82. The van der Waals surface area contributed by atoms with Gasteiger partial charge < -0.3 is 15.7 Å². The van der Waals surface area contributed by atoms with Crippen LogP contribution in [0.3, 0.4) is 0 Å². The molecule has 102 valence electrons. The molecule has 1 aromatic carbocycles. The molecule has 2 amide bonds. The second-order valence-electron chi connectivity index (χ2n) is 4.96. The van der Waals surface area contributed by atoms with Crippen LogP contribution in [0, 0.1) is 5.82 Å². The van der Waals surface area contributed by atoms with E-state index in [1.54, 1.807) is 0 Å². The zero-order valence-electron chi connectivity index (χ0n) is 10.5. The summed E-state index contributed by atoms with van der Waals surface area (Å²) >= 11 is 0. The maximum absolute atomic E-state index is 13.4. The average molecular weight is 266 g/mol. The van der Waals surface area contributed by atoms with Crippen LogP contribution in [-0.2, 0) is 0 Å². The monoisotopic (exact) mass is 266 g/mol. The molecule has 0 aromatic heterocycles. The summed E-state index contributed by atoms with van der Waals surface area (Å²) in [5.41, 5.74) is -0.829. The highest BCUT2D eigenvalue weighted by molar-refractivity contribution is 6.00. The molecule has 0 bridgehead atoms. The highest BCUT2D eigenvalue weighted by Crippen LogP contribution is 2.31. The lowest BCUT2D eigenvalue weighted by Crippen LogP contribution is -2.52. The molecule has 0 radical (unpaired) electrons. The summed E-state index contributed by atoms with van der Waals surface area (Å²) < 4.78 is 13.4. The van der Waals surface area contributed by atoms with Gasteiger partial charge in [-0.15, -0.1) is 0 Å². The third kappa shape index (κ3) is 2.83. The van der Waals surface area contributed by atoms with Gasteiger partial charge in [0, 0.05) is 5.54 Å². The van der Waals surface area contributed by atoms with Gasteiger partial charge in [-0.05, 0) is 38.3 Å². The van der Waals surface area contributed by atoms with Gasteiger partial charge in [0.15, 0.2) is 0 Å². The predicted octanol–water partition coefficient (Wildman–Crippen LogP) is 2.59. The summed E-state index contributed by atoms with van der Waals surface area (Å²) in [4.78, 5) is 22.7. The average Bonchev–Trinajstić information content (AvgIpc) is 2.26. The van der Waals surface area contributed by atoms with Gasteiger partial charge in [0.05, 0.1) is 5.69 Å². The predicted molar refractivity (Wildman–Crippen MR) is 67.8 cm³/mol. The van der Waals surface area contributed by atoms with E-state index in [0.29, 0.717) is 0 Å². The Bertz CT molecular complexity index is 527. The van der Waals surface area contributed by atoms with E-state index in [2.05, 4.69) is 10.6 Å². The van der Waals surface area contributed by atoms with E-state index in [0.717, 1.165) is 25.3 Å². The summed E-state index contributed by atoms with van der Waals surface area (Å²) in [6, 6.07) is 3.23. The molecule has 6 heteroatoms. The van der Waals surface area contributed by atoms with Crippen molar-refractivity contribution >= 4 is 17.7 Å². The molecule has 1 aliphatic rings. The van der Waals surface area contributed by atoms with Crippen LogP contribution in [0.25, 0.3) is 0 Å². The van der Waals surface area contributed by atoms with Crippen LogP contribution in [-0.4, -0.2) is 22.6 Å². The zero-order chi connectivity index (χ0) is 14.0. The second-order valence-corrected chi connectivity index (χ2v) is 4.96. The number of carboxylic acids is 1. The van der Waals surface area contributed by atoms with E-state index in [9.17, 15) is 14.0 Å². The van der Waals surface area contributed by atoms with Crippen LogP contribution in [0.5, 0.6) is 0 Å². The van der Waals surface area contributed by atoms with Crippen LogP contribution < -0.4 is 10.6 Å². The van der Waals surface area contributed by atoms with Crippen molar-refractivity contribution in [3.63, 3.8) is 0 Å². The third-order valence-electron chi connectivity index (χ3n) is 3.35. The Kier molecular flexibility index (Phi) is 3.42. The largest absolute Gasteiger partial charge is 0.478 e. The molecule has 5 nitrogen and oxygen atoms in total. The Hall–Kier alpha value is -2.11. The van der Waals surface area contributed by atoms with Crippen LogP contribution in [0.1, 0.15) is 36.5 Å². The maximum Gasteiger partial charge on any atom is 0.340 e. The number of halogens is 1. The molecule has 1 fully saturated rings. The summed E-state index contributed by atoms with van der Waals surface area (Å²) in [5.74, 6) is -2.29. The molecule has 2 rings (SSSR count). The number of benzene rings is 1. The van der Waals surface area contributed by atoms with Crippen molar-refractivity contribution in [3.8, 4) is 0 Å². The number of hydrogen-bond acceptors (Lipinski definition) is 2. The molecule has 1 saturated carbocycles. The highest BCUT2D eigenvalue weighted by atomic mass is 19.1. The molecular formula is C13H15FN2O3. The van der Waals surface area contributed by atoms with Crippen LogP contribution >= 0.6 is 0 Å². The summed E-state index contributed by atoms with van der Waals surface area (Å²) in [6.45, 7) is 1.92. The Labute approximate surface area is 109 Å². The van der Waals surface area contributed by atoms with Crippen molar-refractivity contribution in [2.45, 2.75) is 31.7 Å². The molecule has 3 N–H and O–H groups in total. The van der Waals surface area contributed by atoms with Crippen molar-refractivity contribution in [1.29, 1.82) is 0 Å². The highest BCUT2D eigenvalue weighted by Gasteiger charge is 2.33. The lowest BCUT2D eigenvalue weighted by molar-refractivity contribution is 0.0693. The van der Waals surface area contributed by atoms with Gasteiger partial charge in [0.2, 0.25) is 0 Å². The topological polar surface area (TPSA) is 78.4 Å². The number of hydrogen-bond donors (Lipinski definition) is 3. The van der Waals surface area contributed by atoms with Gasteiger partial charge in [-0.25, -0.2) is 14.0 Å². The number of rotatable bonds is 3. The quantitative estimate of drug-likeness (QED) is 0.786. The minimum atomic E-state index is -1.41. The summed E-state index contributed by atoms with van der Waals surface area (Å²) in [7, 11) is 0. The molecule has 0 aliphatic heterocycles. The van der Waals surface area contributed by atoms with E-state index < -0.39 is 23.4 Å². The molecule has 1 aliphatic carbocycles. The van der Waals surface area contributed by atoms with Crippen LogP contribution in [0.15, 0.2) is 18.2 Å². The smallest absolute Gasteiger partial charge is 0.340 e. The number of carbonyl (C=O) groups is 2. The molecule has 19 heavy (non-hydrogen) atoms. The first kappa shape index (κ1) is 13.3. The lowest BCUT2D eigenvalue weighted by Gasteiger charge is -2.39. The Morgan fingerprint density at radius 2 is 2.05 bits per heavy atom. The normalized spacial score (nSPS) is 16.3. The van der Waals surface area contributed by atoms with E-state index in [1.165, 1.54) is 12.1 Å². The number of urea groups is 1. The number of amides is 2. The number of carboxylic acid groups (broad SMARTS) is 1. The molecule has 0 unspecified atom stereocenters. The molecule has 1 aromatic rings. The number of anilines is 1. The minimum absolute atomic E-state index is 0.0482. The van der Waals surface area contributed by atoms with Crippen molar-refractivity contribution in [1.82, 2.24) is 5.32 Å². The lowest BCUT2D eigenvalue weighted by atomic mass is 9.79. The number of nitrogens with one attached hydrogen (secondary N) is 2. The standard InChI is InChI=1S/C13H15FN2O3/c1-13(6-3-7-13)16-12(19)15-9-5-2-4-8(14)10(9)11(17)18/h2,4-5H,3,6-7H2,1H3,(H,17,18)(H2,15,16,19). The molecule has 0 heterocycles. The number of carbonyl (C=O) groups excluding carboxylic acids is 1. The zero-order valence-corrected chi connectivity index (χ0v) is 10.5. The summed E-state index contributed by atoms with van der Waals surface area (Å²) in [5, 5.41) is 14.1. The first-order chi connectivity index (χ1) is 8.91. The van der Waals surface area contributed by atoms with Gasteiger partial charge in [0.1, 0.15) is 11.4 Å². The fraction of sp³-hybridized carbons (Fsp3) is 0.385. The Morgan fingerprint density at radius 3 is 2.58 bits per heavy atom. The fourth-order valence-electron chi connectivity index (χ4n) is 2.11. The van der Waals surface area contributed by atoms with Gasteiger partial charge in [-0.2, -0.15) is 0 Å². The molecule has 0 spiro atoms. The van der Waals surface area contributed by atoms with Crippen molar-refractivity contribution < 1.29 is 19.1 Å². The van der Waals surface area contributed by atoms with Crippen molar-refractivity contribution in [2.24, 2.45) is 0 Å². The van der Waals surface area contributed by atoms with Gasteiger partial charge in [0.25, 0.3) is 0 Å². The van der Waals surface area contributed by atoms with E-state index in [1.807, 2.05) is 6.92 Å². The third-order valence-corrected chi connectivity index (χ3v) is 3.35. The first-order valence-electron chi connectivity index (χ1n) is 6.02. The fourth-order valence-corrected chi connectivity index (χ4v) is 2.11. The minimum Gasteiger partial charge on any atom is -0.478 e. The molecular weight excluding hydrogens is 251 g/mol. The van der Waals surface area contributed by atoms with Crippen molar-refractivity contribution in [2.75, 3.05) is 5.32 Å². The van der Waals surface area contributed by atoms with Crippen molar-refractivity contribution in [3.05, 3.63) is 29.6 Å². The van der Waals surface area contributed by atoms with Gasteiger partial charge in [-0.1, -0.05) is 6.07 Å². The Morgan fingerprint density at radius 1 is 1.37 bits per heavy atom. The van der Waals surface area contributed by atoms with Gasteiger partial charge >= 0.3 is 12.0 Å². The van der Waals surface area contributed by atoms with Gasteiger partial charge in [-0.3, -0.25) is 0 Å². The molecule has 0 saturated heterocycles.